The van der Waals surface area contributed by atoms with Gasteiger partial charge in [-0.05, 0) is 61.3 Å². The Kier molecular flexibility index (Phi) is 4.50. The molecular formula is C19H15F3N4O3S2. The van der Waals surface area contributed by atoms with E-state index in [1.807, 2.05) is 0 Å². The Labute approximate surface area is 177 Å². The number of alkyl halides is 3. The Balaban J connectivity index is 1.84. The van der Waals surface area contributed by atoms with Crippen molar-refractivity contribution in [2.24, 2.45) is 0 Å². The van der Waals surface area contributed by atoms with E-state index in [1.54, 1.807) is 6.07 Å². The van der Waals surface area contributed by atoms with Crippen molar-refractivity contribution in [1.29, 1.82) is 0 Å². The number of nitrogens with zero attached hydrogens (tertiary/aromatic N) is 2. The molecule has 5 rings (SSSR count). The van der Waals surface area contributed by atoms with Crippen LogP contribution in [0.3, 0.4) is 0 Å². The number of rotatable bonds is 2. The summed E-state index contributed by atoms with van der Waals surface area (Å²) in [5.41, 5.74) is -3.69. The number of thiophene rings is 1. The van der Waals surface area contributed by atoms with Crippen molar-refractivity contribution in [3.05, 3.63) is 51.8 Å². The van der Waals surface area contributed by atoms with E-state index in [-0.39, 0.29) is 31.3 Å². The number of aromatic amines is 1. The van der Waals surface area contributed by atoms with Crippen LogP contribution in [0.2, 0.25) is 0 Å². The van der Waals surface area contributed by atoms with Gasteiger partial charge in [-0.15, -0.1) is 11.3 Å². The lowest BCUT2D eigenvalue weighted by Crippen LogP contribution is -2.30. The zero-order chi connectivity index (χ0) is 22.0. The minimum Gasteiger partial charge on any atom is -0.321 e. The summed E-state index contributed by atoms with van der Waals surface area (Å²) in [6.45, 7) is 1.37. The standard InChI is InChI=1S/C19H15F3N4O3S2/c20-19(21,22)31(28,29)26-14-8-11-4-6-23-5-3-10(11)7-12(14)25-18(26)16-9-13-15(30-16)1-2-17(27)24-13/h1-2,7-9,23H,3-6H2,(H,24,27). The van der Waals surface area contributed by atoms with E-state index in [4.69, 9.17) is 0 Å². The lowest BCUT2D eigenvalue weighted by molar-refractivity contribution is -0.0444. The normalized spacial score (nSPS) is 15.3. The van der Waals surface area contributed by atoms with E-state index >= 15 is 0 Å². The van der Waals surface area contributed by atoms with Gasteiger partial charge in [0.15, 0.2) is 5.82 Å². The van der Waals surface area contributed by atoms with E-state index in [0.29, 0.717) is 29.6 Å². The summed E-state index contributed by atoms with van der Waals surface area (Å²) in [6, 6.07) is 7.43. The van der Waals surface area contributed by atoms with Gasteiger partial charge in [-0.25, -0.2) is 8.96 Å². The van der Waals surface area contributed by atoms with E-state index in [1.165, 1.54) is 24.3 Å². The molecule has 0 aliphatic carbocycles. The summed E-state index contributed by atoms with van der Waals surface area (Å²) in [6.07, 6.45) is 1.24. The number of pyridine rings is 1. The molecule has 12 heteroatoms. The van der Waals surface area contributed by atoms with Crippen molar-refractivity contribution in [2.75, 3.05) is 13.1 Å². The van der Waals surface area contributed by atoms with Crippen LogP contribution < -0.4 is 10.9 Å². The first-order valence-corrected chi connectivity index (χ1v) is 11.6. The molecule has 0 fully saturated rings. The molecule has 0 amide bonds. The van der Waals surface area contributed by atoms with E-state index in [2.05, 4.69) is 15.3 Å². The fourth-order valence-electron chi connectivity index (χ4n) is 3.79. The molecule has 0 unspecified atom stereocenters. The molecular weight excluding hydrogens is 453 g/mol. The zero-order valence-electron chi connectivity index (χ0n) is 15.8. The van der Waals surface area contributed by atoms with Gasteiger partial charge in [0.05, 0.1) is 26.1 Å². The molecule has 162 valence electrons. The monoisotopic (exact) mass is 468 g/mol. The predicted octanol–water partition coefficient (Wildman–Crippen LogP) is 2.99. The van der Waals surface area contributed by atoms with Crippen LogP contribution in [0.4, 0.5) is 13.2 Å². The van der Waals surface area contributed by atoms with Gasteiger partial charge >= 0.3 is 15.5 Å². The van der Waals surface area contributed by atoms with Crippen molar-refractivity contribution in [1.82, 2.24) is 19.3 Å². The average Bonchev–Trinajstić information content (AvgIpc) is 3.19. The van der Waals surface area contributed by atoms with E-state index < -0.39 is 15.5 Å². The van der Waals surface area contributed by atoms with Gasteiger partial charge in [-0.1, -0.05) is 0 Å². The van der Waals surface area contributed by atoms with Gasteiger partial charge in [0, 0.05) is 6.07 Å². The maximum atomic E-state index is 13.6. The molecule has 0 atom stereocenters. The third kappa shape index (κ3) is 3.25. The fourth-order valence-corrected chi connectivity index (χ4v) is 5.83. The number of hydrogen-bond acceptors (Lipinski definition) is 6. The van der Waals surface area contributed by atoms with Crippen molar-refractivity contribution < 1.29 is 21.6 Å². The van der Waals surface area contributed by atoms with Crippen LogP contribution in [-0.4, -0.2) is 41.0 Å². The molecule has 1 aromatic carbocycles. The number of aromatic nitrogens is 3. The number of benzene rings is 1. The van der Waals surface area contributed by atoms with Crippen LogP contribution in [-0.2, 0) is 22.9 Å². The molecule has 2 N–H and O–H groups in total. The second-order valence-electron chi connectivity index (χ2n) is 7.22. The number of hydrogen-bond donors (Lipinski definition) is 2. The predicted molar refractivity (Wildman–Crippen MR) is 112 cm³/mol. The molecule has 31 heavy (non-hydrogen) atoms. The molecule has 7 nitrogen and oxygen atoms in total. The molecule has 0 saturated heterocycles. The van der Waals surface area contributed by atoms with Gasteiger partial charge in [0.2, 0.25) is 5.56 Å². The van der Waals surface area contributed by atoms with Crippen LogP contribution in [0, 0.1) is 0 Å². The third-order valence-electron chi connectivity index (χ3n) is 5.23. The van der Waals surface area contributed by atoms with Crippen molar-refractivity contribution in [2.45, 2.75) is 18.3 Å². The SMILES string of the molecule is O=c1ccc2sc(-c3nc4cc5c(cc4n3S(=O)(=O)C(F)(F)F)CCNCC5)cc2[nH]1. The van der Waals surface area contributed by atoms with Crippen molar-refractivity contribution >= 4 is 42.6 Å². The highest BCUT2D eigenvalue weighted by molar-refractivity contribution is 7.91. The Morgan fingerprint density at radius 2 is 1.77 bits per heavy atom. The van der Waals surface area contributed by atoms with Gasteiger partial charge in [-0.3, -0.25) is 4.79 Å². The maximum absolute atomic E-state index is 13.6. The molecule has 3 aromatic heterocycles. The minimum atomic E-state index is -5.75. The number of nitrogens with one attached hydrogen (secondary N) is 2. The Morgan fingerprint density at radius 1 is 1.06 bits per heavy atom. The van der Waals surface area contributed by atoms with Crippen molar-refractivity contribution in [3.8, 4) is 10.7 Å². The van der Waals surface area contributed by atoms with Crippen LogP contribution in [0.5, 0.6) is 0 Å². The molecule has 0 bridgehead atoms. The summed E-state index contributed by atoms with van der Waals surface area (Å²) in [7, 11) is -5.75. The first-order valence-electron chi connectivity index (χ1n) is 9.35. The Bertz CT molecular complexity index is 1500. The van der Waals surface area contributed by atoms with Crippen LogP contribution in [0.1, 0.15) is 11.1 Å². The second kappa shape index (κ2) is 6.90. The minimum absolute atomic E-state index is 0.112. The number of H-pyrrole nitrogens is 1. The first kappa shape index (κ1) is 20.2. The van der Waals surface area contributed by atoms with Crippen LogP contribution >= 0.6 is 11.3 Å². The molecule has 1 aliphatic rings. The fraction of sp³-hybridized carbons (Fsp3) is 0.263. The molecule has 4 aromatic rings. The number of fused-ring (bicyclic) bond motifs is 3. The van der Waals surface area contributed by atoms with Crippen LogP contribution in [0.15, 0.2) is 35.1 Å². The van der Waals surface area contributed by atoms with Crippen LogP contribution in [0.25, 0.3) is 32.0 Å². The smallest absolute Gasteiger partial charge is 0.321 e. The van der Waals surface area contributed by atoms with Gasteiger partial charge in [-0.2, -0.15) is 21.6 Å². The highest BCUT2D eigenvalue weighted by Crippen LogP contribution is 2.38. The summed E-state index contributed by atoms with van der Waals surface area (Å²) in [5.74, 6) is -0.326. The number of halogens is 3. The second-order valence-corrected chi connectivity index (χ2v) is 10.1. The van der Waals surface area contributed by atoms with Gasteiger partial charge in [0.25, 0.3) is 0 Å². The lowest BCUT2D eigenvalue weighted by atomic mass is 10.0. The molecule has 0 spiro atoms. The third-order valence-corrected chi connectivity index (χ3v) is 7.77. The maximum Gasteiger partial charge on any atom is 0.517 e. The average molecular weight is 468 g/mol. The van der Waals surface area contributed by atoms with E-state index in [9.17, 15) is 26.4 Å². The number of imidazole rings is 1. The molecule has 1 aliphatic heterocycles. The zero-order valence-corrected chi connectivity index (χ0v) is 17.4. The molecule has 0 radical (unpaired) electrons. The first-order chi connectivity index (χ1) is 14.6. The van der Waals surface area contributed by atoms with Gasteiger partial charge < -0.3 is 10.3 Å². The Morgan fingerprint density at radius 3 is 2.48 bits per heavy atom. The summed E-state index contributed by atoms with van der Waals surface area (Å²) in [4.78, 5) is 18.7. The topological polar surface area (TPSA) is 96.8 Å². The highest BCUT2D eigenvalue weighted by atomic mass is 32.2. The molecule has 4 heterocycles. The summed E-state index contributed by atoms with van der Waals surface area (Å²) < 4.78 is 66.8. The quantitative estimate of drug-likeness (QED) is 0.472. The Hall–Kier alpha value is -2.70. The summed E-state index contributed by atoms with van der Waals surface area (Å²) in [5, 5.41) is 3.21. The summed E-state index contributed by atoms with van der Waals surface area (Å²) >= 11 is 1.06. The van der Waals surface area contributed by atoms with E-state index in [0.717, 1.165) is 29.0 Å². The lowest BCUT2D eigenvalue weighted by Gasteiger charge is -2.13. The van der Waals surface area contributed by atoms with Gasteiger partial charge in [0.1, 0.15) is 0 Å². The highest BCUT2D eigenvalue weighted by Gasteiger charge is 2.49. The molecule has 0 saturated carbocycles. The van der Waals surface area contributed by atoms with Crippen molar-refractivity contribution in [3.63, 3.8) is 0 Å². The largest absolute Gasteiger partial charge is 0.517 e.